The summed E-state index contributed by atoms with van der Waals surface area (Å²) in [6.45, 7) is 7.26. The van der Waals surface area contributed by atoms with Crippen LogP contribution in [0.1, 0.15) is 48.1 Å². The number of pyridine rings is 1. The van der Waals surface area contributed by atoms with Crippen LogP contribution in [0.4, 0.5) is 0 Å². The first-order chi connectivity index (χ1) is 14.4. The first-order valence-corrected chi connectivity index (χ1v) is 10.3. The molecular formula is C22H26N6O2. The quantitative estimate of drug-likeness (QED) is 0.703. The molecule has 0 aromatic carbocycles. The molecule has 1 fully saturated rings. The van der Waals surface area contributed by atoms with Gasteiger partial charge in [0.05, 0.1) is 17.4 Å². The van der Waals surface area contributed by atoms with E-state index in [2.05, 4.69) is 20.1 Å². The minimum absolute atomic E-state index is 0.0529. The second-order valence-electron chi connectivity index (χ2n) is 7.77. The lowest BCUT2D eigenvalue weighted by atomic mass is 10.1. The number of aryl methyl sites for hydroxylation is 2. The maximum absolute atomic E-state index is 13.0. The summed E-state index contributed by atoms with van der Waals surface area (Å²) in [7, 11) is 0. The summed E-state index contributed by atoms with van der Waals surface area (Å²) in [5, 5.41) is 4.52. The summed E-state index contributed by atoms with van der Waals surface area (Å²) < 4.78 is 1.90. The third-order valence-electron chi connectivity index (χ3n) is 5.89. The van der Waals surface area contributed by atoms with Crippen LogP contribution in [-0.4, -0.2) is 42.1 Å². The minimum atomic E-state index is -0.226. The van der Waals surface area contributed by atoms with E-state index in [0.29, 0.717) is 31.0 Å². The van der Waals surface area contributed by atoms with Crippen LogP contribution in [0.3, 0.4) is 0 Å². The maximum atomic E-state index is 13.0. The normalized spacial score (nSPS) is 16.2. The molecule has 8 heteroatoms. The Hall–Kier alpha value is -3.29. The number of rotatable bonds is 5. The van der Waals surface area contributed by atoms with Gasteiger partial charge < -0.3 is 9.88 Å². The third kappa shape index (κ3) is 3.90. The topological polar surface area (TPSA) is 96.8 Å². The number of H-pyrrole nitrogens is 1. The Bertz CT molecular complexity index is 1120. The molecule has 30 heavy (non-hydrogen) atoms. The second-order valence-corrected chi connectivity index (χ2v) is 7.77. The van der Waals surface area contributed by atoms with Crippen LogP contribution < -0.4 is 5.56 Å². The number of carbonyl (C=O) groups is 1. The summed E-state index contributed by atoms with van der Waals surface area (Å²) in [4.78, 5) is 38.7. The van der Waals surface area contributed by atoms with E-state index >= 15 is 0 Å². The molecule has 1 aliphatic rings. The molecule has 0 spiro atoms. The lowest BCUT2D eigenvalue weighted by Crippen LogP contribution is -2.33. The molecule has 0 bridgehead atoms. The van der Waals surface area contributed by atoms with E-state index in [-0.39, 0.29) is 17.5 Å². The molecule has 4 heterocycles. The van der Waals surface area contributed by atoms with Gasteiger partial charge in [-0.25, -0.2) is 4.98 Å². The Balaban J connectivity index is 1.53. The molecule has 4 rings (SSSR count). The van der Waals surface area contributed by atoms with Crippen LogP contribution in [0.2, 0.25) is 0 Å². The molecule has 0 radical (unpaired) electrons. The van der Waals surface area contributed by atoms with Gasteiger partial charge >= 0.3 is 0 Å². The van der Waals surface area contributed by atoms with Gasteiger partial charge in [-0.05, 0) is 51.3 Å². The van der Waals surface area contributed by atoms with Crippen molar-refractivity contribution < 1.29 is 4.79 Å². The molecule has 3 aromatic heterocycles. The van der Waals surface area contributed by atoms with E-state index in [1.807, 2.05) is 42.5 Å². The van der Waals surface area contributed by atoms with Crippen molar-refractivity contribution in [3.8, 4) is 11.3 Å². The Morgan fingerprint density at radius 3 is 2.83 bits per heavy atom. The zero-order valence-corrected chi connectivity index (χ0v) is 17.6. The van der Waals surface area contributed by atoms with Crippen molar-refractivity contribution in [2.24, 2.45) is 0 Å². The maximum Gasteiger partial charge on any atom is 0.251 e. The number of aromatic amines is 1. The fraction of sp³-hybridized carbons (Fsp3) is 0.409. The van der Waals surface area contributed by atoms with Gasteiger partial charge in [0.25, 0.3) is 5.56 Å². The van der Waals surface area contributed by atoms with E-state index in [9.17, 15) is 9.59 Å². The molecule has 0 saturated carbocycles. The molecule has 156 valence electrons. The van der Waals surface area contributed by atoms with E-state index in [1.54, 1.807) is 12.4 Å². The number of hydrogen-bond acceptors (Lipinski definition) is 5. The van der Waals surface area contributed by atoms with Crippen LogP contribution >= 0.6 is 0 Å². The monoisotopic (exact) mass is 406 g/mol. The fourth-order valence-electron chi connectivity index (χ4n) is 4.00. The van der Waals surface area contributed by atoms with E-state index in [4.69, 9.17) is 0 Å². The Kier molecular flexibility index (Phi) is 5.48. The van der Waals surface area contributed by atoms with Crippen LogP contribution in [0, 0.1) is 20.8 Å². The standard InChI is InChI=1S/C22H26N6O2/c1-14-15(2)26-28(16(14)3)11-8-21(30)27-10-5-7-19(27)22-24-18(12-20(29)25-22)17-6-4-9-23-13-17/h4,6,9,12-13,19H,5,7-8,10-11H2,1-3H3,(H,24,25,29)/t19-/m0/s1. The Morgan fingerprint density at radius 2 is 2.13 bits per heavy atom. The Morgan fingerprint density at radius 1 is 1.30 bits per heavy atom. The molecule has 1 N–H and O–H groups in total. The van der Waals surface area contributed by atoms with Gasteiger partial charge in [-0.3, -0.25) is 19.3 Å². The fourth-order valence-corrected chi connectivity index (χ4v) is 4.00. The molecule has 1 aliphatic heterocycles. The number of nitrogens with one attached hydrogen (secondary N) is 1. The molecule has 3 aromatic rings. The highest BCUT2D eigenvalue weighted by Crippen LogP contribution is 2.31. The molecular weight excluding hydrogens is 380 g/mol. The number of carbonyl (C=O) groups excluding carboxylic acids is 1. The lowest BCUT2D eigenvalue weighted by Gasteiger charge is -2.24. The summed E-state index contributed by atoms with van der Waals surface area (Å²) in [6.07, 6.45) is 5.39. The number of nitrogens with zero attached hydrogens (tertiary/aromatic N) is 5. The first kappa shape index (κ1) is 20.0. The smallest absolute Gasteiger partial charge is 0.251 e. The third-order valence-corrected chi connectivity index (χ3v) is 5.89. The van der Waals surface area contributed by atoms with Gasteiger partial charge in [0, 0.05) is 49.2 Å². The molecule has 1 amide bonds. The van der Waals surface area contributed by atoms with Crippen LogP contribution in [0.15, 0.2) is 35.4 Å². The predicted molar refractivity (Wildman–Crippen MR) is 113 cm³/mol. The van der Waals surface area contributed by atoms with Crippen LogP contribution in [-0.2, 0) is 11.3 Å². The van der Waals surface area contributed by atoms with E-state index in [1.165, 1.54) is 6.07 Å². The van der Waals surface area contributed by atoms with Gasteiger partial charge in [-0.2, -0.15) is 5.10 Å². The second kappa shape index (κ2) is 8.22. The lowest BCUT2D eigenvalue weighted by molar-refractivity contribution is -0.132. The molecule has 1 saturated heterocycles. The van der Waals surface area contributed by atoms with Crippen molar-refractivity contribution in [2.75, 3.05) is 6.54 Å². The first-order valence-electron chi connectivity index (χ1n) is 10.3. The largest absolute Gasteiger partial charge is 0.332 e. The van der Waals surface area contributed by atoms with Crippen molar-refractivity contribution >= 4 is 5.91 Å². The SMILES string of the molecule is Cc1nn(CCC(=O)N2CCC[C@H]2c2nc(-c3cccnc3)cc(=O)[nH]2)c(C)c1C. The minimum Gasteiger partial charge on any atom is -0.332 e. The van der Waals surface area contributed by atoms with Gasteiger partial charge in [0.2, 0.25) is 5.91 Å². The van der Waals surface area contributed by atoms with Gasteiger partial charge in [-0.1, -0.05) is 0 Å². The highest BCUT2D eigenvalue weighted by Gasteiger charge is 2.31. The summed E-state index contributed by atoms with van der Waals surface area (Å²) in [6, 6.07) is 4.92. The van der Waals surface area contributed by atoms with Crippen LogP contribution in [0.25, 0.3) is 11.3 Å². The highest BCUT2D eigenvalue weighted by atomic mass is 16.2. The van der Waals surface area contributed by atoms with Crippen molar-refractivity contribution in [1.82, 2.24) is 29.6 Å². The summed E-state index contributed by atoms with van der Waals surface area (Å²) in [5.41, 5.74) is 4.37. The number of hydrogen-bond donors (Lipinski definition) is 1. The molecule has 0 aliphatic carbocycles. The van der Waals surface area contributed by atoms with Crippen molar-refractivity contribution in [3.63, 3.8) is 0 Å². The van der Waals surface area contributed by atoms with Crippen molar-refractivity contribution in [2.45, 2.75) is 52.6 Å². The van der Waals surface area contributed by atoms with Gasteiger partial charge in [-0.15, -0.1) is 0 Å². The van der Waals surface area contributed by atoms with Crippen molar-refractivity contribution in [3.05, 3.63) is 63.7 Å². The average molecular weight is 406 g/mol. The Labute approximate surface area is 175 Å². The van der Waals surface area contributed by atoms with Crippen molar-refractivity contribution in [1.29, 1.82) is 0 Å². The van der Waals surface area contributed by atoms with Gasteiger partial charge in [0.15, 0.2) is 0 Å². The molecule has 0 unspecified atom stereocenters. The zero-order valence-electron chi connectivity index (χ0n) is 17.6. The number of aromatic nitrogens is 5. The molecule has 1 atom stereocenters. The predicted octanol–water partition coefficient (Wildman–Crippen LogP) is 2.71. The van der Waals surface area contributed by atoms with Crippen LogP contribution in [0.5, 0.6) is 0 Å². The summed E-state index contributed by atoms with van der Waals surface area (Å²) >= 11 is 0. The van der Waals surface area contributed by atoms with E-state index < -0.39 is 0 Å². The number of amides is 1. The zero-order chi connectivity index (χ0) is 21.3. The summed E-state index contributed by atoms with van der Waals surface area (Å²) in [5.74, 6) is 0.589. The average Bonchev–Trinajstić information content (AvgIpc) is 3.33. The number of likely N-dealkylation sites (tertiary alicyclic amines) is 1. The van der Waals surface area contributed by atoms with E-state index in [0.717, 1.165) is 35.4 Å². The van der Waals surface area contributed by atoms with Gasteiger partial charge in [0.1, 0.15) is 5.82 Å². The molecule has 8 nitrogen and oxygen atoms in total. The highest BCUT2D eigenvalue weighted by molar-refractivity contribution is 5.77.